The van der Waals surface area contributed by atoms with Crippen molar-refractivity contribution in [1.82, 2.24) is 4.90 Å². The fourth-order valence-corrected chi connectivity index (χ4v) is 3.79. The summed E-state index contributed by atoms with van der Waals surface area (Å²) in [7, 11) is 0. The zero-order valence-electron chi connectivity index (χ0n) is 14.5. The highest BCUT2D eigenvalue weighted by atomic mass is 19.4. The molecule has 1 saturated heterocycles. The number of carbonyl (C=O) groups is 1. The zero-order valence-corrected chi connectivity index (χ0v) is 14.5. The number of hydrogen-bond donors (Lipinski definition) is 1. The minimum atomic E-state index is -4.70. The average molecular weight is 380 g/mol. The van der Waals surface area contributed by atoms with Gasteiger partial charge in [-0.25, -0.2) is 0 Å². The molecule has 6 nitrogen and oxygen atoms in total. The van der Waals surface area contributed by atoms with E-state index < -0.39 is 18.0 Å². The van der Waals surface area contributed by atoms with Gasteiger partial charge in [0.1, 0.15) is 0 Å². The Morgan fingerprint density at radius 1 is 1.26 bits per heavy atom. The summed E-state index contributed by atoms with van der Waals surface area (Å²) < 4.78 is 45.7. The molecule has 2 unspecified atom stereocenters. The van der Waals surface area contributed by atoms with Crippen molar-refractivity contribution in [2.45, 2.75) is 38.1 Å². The third kappa shape index (κ3) is 3.55. The molecule has 1 aromatic carbocycles. The molecule has 4 rings (SSSR count). The van der Waals surface area contributed by atoms with Crippen LogP contribution in [-0.2, 0) is 22.6 Å². The molecule has 9 heteroatoms. The van der Waals surface area contributed by atoms with Gasteiger partial charge < -0.3 is 15.0 Å². The number of hydrogen-bond acceptors (Lipinski definition) is 5. The molecule has 0 saturated carbocycles. The highest BCUT2D eigenvalue weighted by molar-refractivity contribution is 5.83. The Morgan fingerprint density at radius 2 is 2.11 bits per heavy atom. The van der Waals surface area contributed by atoms with Crippen molar-refractivity contribution in [3.63, 3.8) is 0 Å². The zero-order chi connectivity index (χ0) is 19.0. The molecule has 3 aliphatic rings. The van der Waals surface area contributed by atoms with Crippen molar-refractivity contribution < 1.29 is 22.7 Å². The molecule has 144 valence electrons. The number of alkyl halides is 3. The van der Waals surface area contributed by atoms with Crippen LogP contribution in [0.3, 0.4) is 0 Å². The Balaban J connectivity index is 1.57. The number of nitrogens with one attached hydrogen (secondary N) is 1. The van der Waals surface area contributed by atoms with Crippen LogP contribution in [-0.4, -0.2) is 36.2 Å². The predicted molar refractivity (Wildman–Crippen MR) is 90.6 cm³/mol. The molecule has 0 aliphatic carbocycles. The number of halogens is 3. The van der Waals surface area contributed by atoms with Gasteiger partial charge in [0.15, 0.2) is 5.92 Å². The summed E-state index contributed by atoms with van der Waals surface area (Å²) >= 11 is 0. The molecule has 0 spiro atoms. The second-order valence-electron chi connectivity index (χ2n) is 6.94. The number of ether oxygens (including phenoxy) is 1. The predicted octanol–water partition coefficient (Wildman–Crippen LogP) is 3.61. The van der Waals surface area contributed by atoms with Gasteiger partial charge in [0, 0.05) is 31.4 Å². The minimum Gasteiger partial charge on any atom is -0.380 e. The molecular weight excluding hydrogens is 361 g/mol. The summed E-state index contributed by atoms with van der Waals surface area (Å²) in [6.07, 6.45) is -1.68. The lowest BCUT2D eigenvalue weighted by Gasteiger charge is -2.29. The maximum atomic E-state index is 13.4. The minimum absolute atomic E-state index is 0.148. The number of benzene rings is 1. The molecular formula is C18H19F3N4O2. The Morgan fingerprint density at radius 3 is 2.85 bits per heavy atom. The van der Waals surface area contributed by atoms with E-state index in [4.69, 9.17) is 4.74 Å². The van der Waals surface area contributed by atoms with Gasteiger partial charge in [-0.05, 0) is 30.0 Å². The van der Waals surface area contributed by atoms with E-state index in [-0.39, 0.29) is 18.3 Å². The maximum Gasteiger partial charge on any atom is 0.406 e. The van der Waals surface area contributed by atoms with Crippen molar-refractivity contribution in [3.05, 3.63) is 41.2 Å². The highest BCUT2D eigenvalue weighted by Gasteiger charge is 2.50. The van der Waals surface area contributed by atoms with Crippen molar-refractivity contribution >= 4 is 11.6 Å². The van der Waals surface area contributed by atoms with E-state index in [1.807, 2.05) is 18.2 Å². The summed E-state index contributed by atoms with van der Waals surface area (Å²) in [6, 6.07) is 5.90. The Bertz CT molecular complexity index is 800. The quantitative estimate of drug-likeness (QED) is 0.870. The van der Waals surface area contributed by atoms with E-state index in [0.717, 1.165) is 42.5 Å². The van der Waals surface area contributed by atoms with Gasteiger partial charge in [-0.15, -0.1) is 5.11 Å². The number of carbonyl (C=O) groups excluding carboxylic acids is 1. The number of azo groups is 1. The fourth-order valence-electron chi connectivity index (χ4n) is 3.79. The SMILES string of the molecule is O=C1N=NC=C(N2Cc3cccc(NC4CCCOC4)c3C2)C1C(F)(F)F. The van der Waals surface area contributed by atoms with Crippen LogP contribution in [0.2, 0.25) is 0 Å². The standard InChI is InChI=1S/C18H19F3N4O2/c19-18(20,21)16-15(7-22-24-17(16)26)25-8-11-3-1-5-14(13(11)9-25)23-12-4-2-6-27-10-12/h1,3,5,7,12,16,23H,2,4,6,8-10H2. The molecule has 1 fully saturated rings. The maximum absolute atomic E-state index is 13.4. The van der Waals surface area contributed by atoms with Gasteiger partial charge in [-0.2, -0.15) is 18.3 Å². The normalized spacial score (nSPS) is 25.4. The van der Waals surface area contributed by atoms with E-state index in [1.54, 1.807) is 4.90 Å². The first-order chi connectivity index (χ1) is 12.9. The molecule has 0 bridgehead atoms. The third-order valence-corrected chi connectivity index (χ3v) is 5.08. The van der Waals surface area contributed by atoms with Crippen molar-refractivity contribution in [2.24, 2.45) is 16.1 Å². The summed E-state index contributed by atoms with van der Waals surface area (Å²) in [5, 5.41) is 10.00. The lowest BCUT2D eigenvalue weighted by atomic mass is 10.0. The van der Waals surface area contributed by atoms with E-state index in [2.05, 4.69) is 15.5 Å². The first-order valence-corrected chi connectivity index (χ1v) is 8.85. The lowest BCUT2D eigenvalue weighted by Crippen LogP contribution is -2.38. The second kappa shape index (κ2) is 6.95. The number of rotatable bonds is 3. The van der Waals surface area contributed by atoms with Gasteiger partial charge in [0.05, 0.1) is 18.5 Å². The molecule has 3 aliphatic heterocycles. The second-order valence-corrected chi connectivity index (χ2v) is 6.94. The molecule has 0 radical (unpaired) electrons. The molecule has 27 heavy (non-hydrogen) atoms. The molecule has 0 aromatic heterocycles. The monoisotopic (exact) mass is 380 g/mol. The number of nitrogens with zero attached hydrogens (tertiary/aromatic N) is 3. The molecule has 3 heterocycles. The Hall–Kier alpha value is -2.42. The van der Waals surface area contributed by atoms with Gasteiger partial charge in [0.2, 0.25) is 0 Å². The van der Waals surface area contributed by atoms with Crippen molar-refractivity contribution in [2.75, 3.05) is 18.5 Å². The van der Waals surface area contributed by atoms with Crippen LogP contribution in [0.5, 0.6) is 0 Å². The first kappa shape index (κ1) is 18.0. The number of fused-ring (bicyclic) bond motifs is 1. The largest absolute Gasteiger partial charge is 0.406 e. The molecule has 2 atom stereocenters. The van der Waals surface area contributed by atoms with Crippen LogP contribution in [0.25, 0.3) is 0 Å². The van der Waals surface area contributed by atoms with E-state index in [9.17, 15) is 18.0 Å². The highest BCUT2D eigenvalue weighted by Crippen LogP contribution is 2.41. The van der Waals surface area contributed by atoms with Crippen LogP contribution in [0.4, 0.5) is 18.9 Å². The smallest absolute Gasteiger partial charge is 0.380 e. The summed E-state index contributed by atoms with van der Waals surface area (Å²) in [4.78, 5) is 13.3. The summed E-state index contributed by atoms with van der Waals surface area (Å²) in [5.74, 6) is -3.53. The van der Waals surface area contributed by atoms with Gasteiger partial charge in [-0.3, -0.25) is 4.79 Å². The number of amides is 1. The van der Waals surface area contributed by atoms with Gasteiger partial charge >= 0.3 is 6.18 Å². The van der Waals surface area contributed by atoms with Crippen LogP contribution < -0.4 is 5.32 Å². The Kier molecular flexibility index (Phi) is 4.63. The average Bonchev–Trinajstić information content (AvgIpc) is 3.06. The van der Waals surface area contributed by atoms with Crippen molar-refractivity contribution in [3.8, 4) is 0 Å². The van der Waals surface area contributed by atoms with Crippen molar-refractivity contribution in [1.29, 1.82) is 0 Å². The van der Waals surface area contributed by atoms with Gasteiger partial charge in [-0.1, -0.05) is 12.1 Å². The van der Waals surface area contributed by atoms with Crippen LogP contribution in [0.15, 0.2) is 40.3 Å². The number of anilines is 1. The summed E-state index contributed by atoms with van der Waals surface area (Å²) in [6.45, 7) is 1.96. The van der Waals surface area contributed by atoms with Crippen LogP contribution in [0, 0.1) is 5.92 Å². The first-order valence-electron chi connectivity index (χ1n) is 8.85. The molecule has 1 amide bonds. The van der Waals surface area contributed by atoms with E-state index >= 15 is 0 Å². The lowest BCUT2D eigenvalue weighted by molar-refractivity contribution is -0.177. The topological polar surface area (TPSA) is 66.3 Å². The molecule has 1 aromatic rings. The van der Waals surface area contributed by atoms with E-state index in [1.165, 1.54) is 0 Å². The molecule has 1 N–H and O–H groups in total. The van der Waals surface area contributed by atoms with Crippen LogP contribution >= 0.6 is 0 Å². The fraction of sp³-hybridized carbons (Fsp3) is 0.500. The van der Waals surface area contributed by atoms with E-state index in [0.29, 0.717) is 13.2 Å². The van der Waals surface area contributed by atoms with Crippen LogP contribution in [0.1, 0.15) is 24.0 Å². The van der Waals surface area contributed by atoms with Gasteiger partial charge in [0.25, 0.3) is 5.91 Å². The summed E-state index contributed by atoms with van der Waals surface area (Å²) in [5.41, 5.74) is 2.64. The third-order valence-electron chi connectivity index (χ3n) is 5.08. The Labute approximate surface area is 154 Å².